The molecule has 4 nitrogen and oxygen atoms in total. The highest BCUT2D eigenvalue weighted by atomic mass is 35.5. The molecule has 0 saturated heterocycles. The van der Waals surface area contributed by atoms with Crippen molar-refractivity contribution in [3.05, 3.63) is 29.8 Å². The first-order chi connectivity index (χ1) is 10.4. The van der Waals surface area contributed by atoms with Crippen molar-refractivity contribution in [2.75, 3.05) is 0 Å². The molecule has 0 heterocycles. The molecule has 1 aromatic rings. The van der Waals surface area contributed by atoms with Crippen LogP contribution in [0.2, 0.25) is 0 Å². The molecule has 23 heavy (non-hydrogen) atoms. The van der Waals surface area contributed by atoms with E-state index in [0.717, 1.165) is 25.7 Å². The fourth-order valence-corrected chi connectivity index (χ4v) is 2.93. The molecule has 2 atom stereocenters. The lowest BCUT2D eigenvalue weighted by molar-refractivity contribution is -0.128. The molecular formula is C16H23ClF2N2O2. The van der Waals surface area contributed by atoms with Crippen LogP contribution in [-0.4, -0.2) is 18.1 Å². The van der Waals surface area contributed by atoms with Crippen molar-refractivity contribution in [3.8, 4) is 5.75 Å². The summed E-state index contributed by atoms with van der Waals surface area (Å²) >= 11 is 0. The number of carbonyl (C=O) groups is 1. The van der Waals surface area contributed by atoms with Gasteiger partial charge in [0.2, 0.25) is 5.91 Å². The average molecular weight is 349 g/mol. The van der Waals surface area contributed by atoms with Crippen molar-refractivity contribution in [1.29, 1.82) is 0 Å². The second-order valence-corrected chi connectivity index (χ2v) is 6.05. The molecule has 0 bridgehead atoms. The minimum absolute atomic E-state index is 0. The number of carbonyl (C=O) groups excluding carboxylic acids is 1. The van der Waals surface area contributed by atoms with Gasteiger partial charge in [-0.3, -0.25) is 4.79 Å². The van der Waals surface area contributed by atoms with Crippen molar-refractivity contribution in [2.45, 2.75) is 51.3 Å². The minimum atomic E-state index is -2.86. The first kappa shape index (κ1) is 19.6. The van der Waals surface area contributed by atoms with Crippen molar-refractivity contribution in [2.24, 2.45) is 11.7 Å². The predicted molar refractivity (Wildman–Crippen MR) is 86.7 cm³/mol. The summed E-state index contributed by atoms with van der Waals surface area (Å²) in [4.78, 5) is 12.3. The second kappa shape index (κ2) is 8.45. The fourth-order valence-electron chi connectivity index (χ4n) is 2.93. The van der Waals surface area contributed by atoms with Gasteiger partial charge in [-0.05, 0) is 37.5 Å². The molecule has 1 aromatic carbocycles. The van der Waals surface area contributed by atoms with Gasteiger partial charge in [-0.2, -0.15) is 8.78 Å². The van der Waals surface area contributed by atoms with Crippen LogP contribution in [0.25, 0.3) is 0 Å². The molecular weight excluding hydrogens is 326 g/mol. The quantitative estimate of drug-likeness (QED) is 0.858. The van der Waals surface area contributed by atoms with Crippen LogP contribution in [0, 0.1) is 5.92 Å². The number of ether oxygens (including phenoxy) is 1. The third-order valence-corrected chi connectivity index (χ3v) is 4.16. The number of rotatable bonds is 5. The van der Waals surface area contributed by atoms with Gasteiger partial charge in [-0.15, -0.1) is 12.4 Å². The summed E-state index contributed by atoms with van der Waals surface area (Å²) < 4.78 is 28.7. The zero-order chi connectivity index (χ0) is 16.2. The highest BCUT2D eigenvalue weighted by Gasteiger charge is 2.37. The first-order valence-corrected chi connectivity index (χ1v) is 7.49. The van der Waals surface area contributed by atoms with Crippen LogP contribution in [0.4, 0.5) is 8.78 Å². The van der Waals surface area contributed by atoms with Crippen molar-refractivity contribution in [3.63, 3.8) is 0 Å². The van der Waals surface area contributed by atoms with E-state index in [2.05, 4.69) is 10.1 Å². The van der Waals surface area contributed by atoms with E-state index in [4.69, 9.17) is 5.73 Å². The van der Waals surface area contributed by atoms with Gasteiger partial charge in [-0.25, -0.2) is 0 Å². The van der Waals surface area contributed by atoms with E-state index in [-0.39, 0.29) is 36.5 Å². The maximum atomic E-state index is 12.3. The molecule has 3 N–H and O–H groups in total. The van der Waals surface area contributed by atoms with Crippen LogP contribution in [0.5, 0.6) is 5.75 Å². The van der Waals surface area contributed by atoms with Gasteiger partial charge in [0, 0.05) is 12.1 Å². The van der Waals surface area contributed by atoms with E-state index in [1.165, 1.54) is 12.1 Å². The summed E-state index contributed by atoms with van der Waals surface area (Å²) in [6.07, 6.45) is 3.67. The Hall–Kier alpha value is -1.40. The van der Waals surface area contributed by atoms with Crippen LogP contribution in [0.3, 0.4) is 0 Å². The number of nitrogens with one attached hydrogen (secondary N) is 1. The lowest BCUT2D eigenvalue weighted by Crippen LogP contribution is -2.52. The van der Waals surface area contributed by atoms with Crippen LogP contribution < -0.4 is 15.8 Å². The molecule has 1 amide bonds. The molecule has 2 rings (SSSR count). The SMILES string of the molecule is CC1(N)CCCCC1C(=O)NCc1cccc(OC(F)F)c1.Cl. The van der Waals surface area contributed by atoms with Crippen LogP contribution in [0.1, 0.15) is 38.2 Å². The molecule has 1 aliphatic rings. The number of nitrogens with two attached hydrogens (primary N) is 1. The van der Waals surface area contributed by atoms with E-state index in [1.54, 1.807) is 12.1 Å². The molecule has 0 aliphatic heterocycles. The maximum absolute atomic E-state index is 12.3. The molecule has 130 valence electrons. The second-order valence-electron chi connectivity index (χ2n) is 6.05. The Morgan fingerprint density at radius 3 is 2.87 bits per heavy atom. The predicted octanol–water partition coefficient (Wildman–Crippen LogP) is 3.23. The van der Waals surface area contributed by atoms with Crippen molar-refractivity contribution >= 4 is 18.3 Å². The molecule has 1 saturated carbocycles. The van der Waals surface area contributed by atoms with Gasteiger partial charge in [0.15, 0.2) is 0 Å². The first-order valence-electron chi connectivity index (χ1n) is 7.49. The summed E-state index contributed by atoms with van der Waals surface area (Å²) in [7, 11) is 0. The highest BCUT2D eigenvalue weighted by Crippen LogP contribution is 2.31. The Labute approximate surface area is 141 Å². The number of hydrogen-bond donors (Lipinski definition) is 2. The van der Waals surface area contributed by atoms with Gasteiger partial charge in [-0.1, -0.05) is 25.0 Å². The largest absolute Gasteiger partial charge is 0.435 e. The van der Waals surface area contributed by atoms with E-state index in [1.807, 2.05) is 6.92 Å². The molecule has 1 aliphatic carbocycles. The Kier molecular flexibility index (Phi) is 7.22. The zero-order valence-electron chi connectivity index (χ0n) is 13.1. The van der Waals surface area contributed by atoms with E-state index in [0.29, 0.717) is 5.56 Å². The Morgan fingerprint density at radius 1 is 1.48 bits per heavy atom. The van der Waals surface area contributed by atoms with E-state index in [9.17, 15) is 13.6 Å². The summed E-state index contributed by atoms with van der Waals surface area (Å²) in [6, 6.07) is 6.32. The van der Waals surface area contributed by atoms with E-state index >= 15 is 0 Å². The normalized spacial score (nSPS) is 24.0. The summed E-state index contributed by atoms with van der Waals surface area (Å²) in [6.45, 7) is -0.677. The third-order valence-electron chi connectivity index (χ3n) is 4.16. The van der Waals surface area contributed by atoms with Crippen LogP contribution in [-0.2, 0) is 11.3 Å². The zero-order valence-corrected chi connectivity index (χ0v) is 13.9. The smallest absolute Gasteiger partial charge is 0.387 e. The molecule has 2 unspecified atom stereocenters. The van der Waals surface area contributed by atoms with Gasteiger partial charge in [0.25, 0.3) is 0 Å². The number of benzene rings is 1. The summed E-state index contributed by atoms with van der Waals surface area (Å²) in [5.41, 5.74) is 6.43. The summed E-state index contributed by atoms with van der Waals surface area (Å²) in [5, 5.41) is 2.84. The number of alkyl halides is 2. The van der Waals surface area contributed by atoms with Crippen LogP contribution in [0.15, 0.2) is 24.3 Å². The lowest BCUT2D eigenvalue weighted by atomic mass is 9.74. The minimum Gasteiger partial charge on any atom is -0.435 e. The van der Waals surface area contributed by atoms with Gasteiger partial charge in [0.05, 0.1) is 5.92 Å². The lowest BCUT2D eigenvalue weighted by Gasteiger charge is -2.37. The van der Waals surface area contributed by atoms with E-state index < -0.39 is 12.2 Å². The molecule has 0 spiro atoms. The average Bonchev–Trinajstić information content (AvgIpc) is 2.44. The third kappa shape index (κ3) is 5.62. The summed E-state index contributed by atoms with van der Waals surface area (Å²) in [5.74, 6) is -0.199. The molecule has 1 fully saturated rings. The van der Waals surface area contributed by atoms with Crippen molar-refractivity contribution < 1.29 is 18.3 Å². The fraction of sp³-hybridized carbons (Fsp3) is 0.562. The molecule has 7 heteroatoms. The van der Waals surface area contributed by atoms with Gasteiger partial charge in [0.1, 0.15) is 5.75 Å². The van der Waals surface area contributed by atoms with Crippen molar-refractivity contribution in [1.82, 2.24) is 5.32 Å². The topological polar surface area (TPSA) is 64.4 Å². The number of halogens is 3. The maximum Gasteiger partial charge on any atom is 0.387 e. The highest BCUT2D eigenvalue weighted by molar-refractivity contribution is 5.85. The van der Waals surface area contributed by atoms with Crippen LogP contribution >= 0.6 is 12.4 Å². The number of amides is 1. The standard InChI is InChI=1S/C16H22F2N2O2.ClH/c1-16(19)8-3-2-7-13(16)14(21)20-10-11-5-4-6-12(9-11)22-15(17)18;/h4-6,9,13,15H,2-3,7-8,10,19H2,1H3,(H,20,21);1H. The Morgan fingerprint density at radius 2 is 2.22 bits per heavy atom. The van der Waals surface area contributed by atoms with Gasteiger partial charge >= 0.3 is 6.61 Å². The number of hydrogen-bond acceptors (Lipinski definition) is 3. The molecule has 0 radical (unpaired) electrons. The Balaban J connectivity index is 0.00000264. The molecule has 0 aromatic heterocycles. The van der Waals surface area contributed by atoms with Gasteiger partial charge < -0.3 is 15.8 Å². The Bertz CT molecular complexity index is 527. The monoisotopic (exact) mass is 348 g/mol.